The molecule has 1 heterocycles. The van der Waals surface area contributed by atoms with Gasteiger partial charge in [-0.1, -0.05) is 24.3 Å². The lowest BCUT2D eigenvalue weighted by atomic mass is 10.1. The summed E-state index contributed by atoms with van der Waals surface area (Å²) in [4.78, 5) is 24.7. The zero-order valence-electron chi connectivity index (χ0n) is 15.2. The van der Waals surface area contributed by atoms with E-state index >= 15 is 0 Å². The van der Waals surface area contributed by atoms with E-state index < -0.39 is 5.76 Å². The Bertz CT molecular complexity index is 1230. The van der Waals surface area contributed by atoms with Gasteiger partial charge in [-0.05, 0) is 53.6 Å². The number of carbonyl (C=O) groups is 1. The fourth-order valence-corrected chi connectivity index (χ4v) is 3.01. The molecule has 0 aliphatic rings. The number of fused-ring (bicyclic) bond motifs is 1. The van der Waals surface area contributed by atoms with Crippen LogP contribution in [-0.2, 0) is 13.1 Å². The molecule has 0 saturated heterocycles. The molecule has 0 unspecified atom stereocenters. The van der Waals surface area contributed by atoms with E-state index in [9.17, 15) is 18.4 Å². The second kappa shape index (κ2) is 7.71. The van der Waals surface area contributed by atoms with Crippen LogP contribution in [0.15, 0.2) is 75.9 Å². The summed E-state index contributed by atoms with van der Waals surface area (Å²) in [6.45, 7) is 0.428. The number of carbonyl (C=O) groups excluding carboxylic acids is 1. The molecule has 0 spiro atoms. The molecular weight excluding hydrogens is 378 g/mol. The van der Waals surface area contributed by atoms with Gasteiger partial charge in [-0.3, -0.25) is 9.36 Å². The quantitative estimate of drug-likeness (QED) is 0.559. The van der Waals surface area contributed by atoms with Crippen LogP contribution in [0.5, 0.6) is 0 Å². The van der Waals surface area contributed by atoms with Gasteiger partial charge in [0.1, 0.15) is 11.6 Å². The summed E-state index contributed by atoms with van der Waals surface area (Å²) in [5.41, 5.74) is 2.66. The van der Waals surface area contributed by atoms with E-state index in [1.54, 1.807) is 42.5 Å². The first-order chi connectivity index (χ1) is 14.0. The Hall–Kier alpha value is -3.74. The number of oxazole rings is 1. The highest BCUT2D eigenvalue weighted by Crippen LogP contribution is 2.17. The average Bonchev–Trinajstić information content (AvgIpc) is 3.03. The summed E-state index contributed by atoms with van der Waals surface area (Å²) >= 11 is 0. The summed E-state index contributed by atoms with van der Waals surface area (Å²) in [5.74, 6) is -1.60. The molecule has 4 rings (SSSR count). The van der Waals surface area contributed by atoms with Gasteiger partial charge in [0, 0.05) is 12.1 Å². The van der Waals surface area contributed by atoms with Crippen LogP contribution < -0.4 is 11.1 Å². The zero-order chi connectivity index (χ0) is 20.4. The van der Waals surface area contributed by atoms with Crippen LogP contribution in [-0.4, -0.2) is 10.5 Å². The summed E-state index contributed by atoms with van der Waals surface area (Å²) in [6, 6.07) is 16.3. The predicted octanol–water partition coefficient (Wildman–Crippen LogP) is 3.85. The Morgan fingerprint density at radius 3 is 2.17 bits per heavy atom. The van der Waals surface area contributed by atoms with Gasteiger partial charge in [0.2, 0.25) is 0 Å². The van der Waals surface area contributed by atoms with Crippen molar-refractivity contribution in [3.05, 3.63) is 106 Å². The molecule has 0 saturated carbocycles. The van der Waals surface area contributed by atoms with Gasteiger partial charge in [0.05, 0.1) is 12.1 Å². The third-order valence-corrected chi connectivity index (χ3v) is 4.55. The van der Waals surface area contributed by atoms with Gasteiger partial charge in [-0.25, -0.2) is 13.6 Å². The number of amides is 1. The molecule has 0 fully saturated rings. The normalized spacial score (nSPS) is 11.0. The second-order valence-corrected chi connectivity index (χ2v) is 6.57. The van der Waals surface area contributed by atoms with Crippen LogP contribution in [0.1, 0.15) is 21.5 Å². The van der Waals surface area contributed by atoms with Crippen LogP contribution in [0.25, 0.3) is 11.1 Å². The van der Waals surface area contributed by atoms with Crippen molar-refractivity contribution >= 4 is 17.0 Å². The Labute approximate surface area is 164 Å². The molecule has 146 valence electrons. The fourth-order valence-electron chi connectivity index (χ4n) is 3.01. The number of nitrogens with zero attached hydrogens (tertiary/aromatic N) is 1. The SMILES string of the molecule is O=C(NCc1ccc(F)cc1)c1ccc2oc(=O)n(Cc3ccc(F)cc3)c2c1. The molecule has 7 heteroatoms. The van der Waals surface area contributed by atoms with E-state index in [4.69, 9.17) is 4.42 Å². The zero-order valence-corrected chi connectivity index (χ0v) is 15.2. The molecule has 1 amide bonds. The molecule has 1 aromatic heterocycles. The third-order valence-electron chi connectivity index (χ3n) is 4.55. The lowest BCUT2D eigenvalue weighted by molar-refractivity contribution is 0.0951. The van der Waals surface area contributed by atoms with E-state index in [1.807, 2.05) is 0 Å². The van der Waals surface area contributed by atoms with Crippen LogP contribution >= 0.6 is 0 Å². The Morgan fingerprint density at radius 1 is 0.897 bits per heavy atom. The number of rotatable bonds is 5. The first-order valence-corrected chi connectivity index (χ1v) is 8.90. The monoisotopic (exact) mass is 394 g/mol. The third kappa shape index (κ3) is 4.08. The van der Waals surface area contributed by atoms with Gasteiger partial charge in [-0.15, -0.1) is 0 Å². The maximum Gasteiger partial charge on any atom is 0.420 e. The molecule has 1 N–H and O–H groups in total. The number of benzene rings is 3. The van der Waals surface area contributed by atoms with E-state index in [0.717, 1.165) is 11.1 Å². The minimum Gasteiger partial charge on any atom is -0.408 e. The van der Waals surface area contributed by atoms with E-state index in [0.29, 0.717) is 16.7 Å². The molecule has 3 aromatic carbocycles. The largest absolute Gasteiger partial charge is 0.420 e. The van der Waals surface area contributed by atoms with Crippen molar-refractivity contribution in [2.75, 3.05) is 0 Å². The van der Waals surface area contributed by atoms with Crippen molar-refractivity contribution < 1.29 is 18.0 Å². The van der Waals surface area contributed by atoms with E-state index in [-0.39, 0.29) is 30.6 Å². The Kier molecular flexibility index (Phi) is 4.95. The van der Waals surface area contributed by atoms with Crippen LogP contribution in [0, 0.1) is 11.6 Å². The summed E-state index contributed by atoms with van der Waals surface area (Å²) in [7, 11) is 0. The maximum absolute atomic E-state index is 13.1. The van der Waals surface area contributed by atoms with Gasteiger partial charge < -0.3 is 9.73 Å². The highest BCUT2D eigenvalue weighted by molar-refractivity contribution is 5.97. The van der Waals surface area contributed by atoms with Gasteiger partial charge in [-0.2, -0.15) is 0 Å². The average molecular weight is 394 g/mol. The van der Waals surface area contributed by atoms with Gasteiger partial charge in [0.25, 0.3) is 5.91 Å². The summed E-state index contributed by atoms with van der Waals surface area (Å²) in [6.07, 6.45) is 0. The number of nitrogens with one attached hydrogen (secondary N) is 1. The molecule has 0 atom stereocenters. The fraction of sp³-hybridized carbons (Fsp3) is 0.0909. The van der Waals surface area contributed by atoms with Crippen molar-refractivity contribution in [3.63, 3.8) is 0 Å². The molecule has 0 radical (unpaired) electrons. The summed E-state index contributed by atoms with van der Waals surface area (Å²) < 4.78 is 32.7. The number of halogens is 2. The molecule has 4 aromatic rings. The van der Waals surface area contributed by atoms with Crippen LogP contribution in [0.2, 0.25) is 0 Å². The van der Waals surface area contributed by atoms with Crippen molar-refractivity contribution in [3.8, 4) is 0 Å². The molecule has 0 aliphatic carbocycles. The Balaban J connectivity index is 1.57. The van der Waals surface area contributed by atoms with Crippen molar-refractivity contribution in [1.29, 1.82) is 0 Å². The first-order valence-electron chi connectivity index (χ1n) is 8.90. The lowest BCUT2D eigenvalue weighted by Gasteiger charge is -2.07. The maximum atomic E-state index is 13.1. The van der Waals surface area contributed by atoms with E-state index in [2.05, 4.69) is 5.32 Å². The molecule has 0 aliphatic heterocycles. The minimum atomic E-state index is -0.562. The molecule has 29 heavy (non-hydrogen) atoms. The van der Waals surface area contributed by atoms with Crippen molar-refractivity contribution in [1.82, 2.24) is 9.88 Å². The topological polar surface area (TPSA) is 64.2 Å². The highest BCUT2D eigenvalue weighted by atomic mass is 19.1. The van der Waals surface area contributed by atoms with Crippen molar-refractivity contribution in [2.45, 2.75) is 13.1 Å². The van der Waals surface area contributed by atoms with Crippen molar-refractivity contribution in [2.24, 2.45) is 0 Å². The van der Waals surface area contributed by atoms with E-state index in [1.165, 1.54) is 28.8 Å². The lowest BCUT2D eigenvalue weighted by Crippen LogP contribution is -2.23. The molecule has 0 bridgehead atoms. The number of aromatic nitrogens is 1. The van der Waals surface area contributed by atoms with Crippen LogP contribution in [0.4, 0.5) is 8.78 Å². The highest BCUT2D eigenvalue weighted by Gasteiger charge is 2.13. The number of hydrogen-bond acceptors (Lipinski definition) is 3. The Morgan fingerprint density at radius 2 is 1.52 bits per heavy atom. The minimum absolute atomic E-state index is 0.187. The second-order valence-electron chi connectivity index (χ2n) is 6.57. The smallest absolute Gasteiger partial charge is 0.408 e. The van der Waals surface area contributed by atoms with Gasteiger partial charge >= 0.3 is 5.76 Å². The van der Waals surface area contributed by atoms with Gasteiger partial charge in [0.15, 0.2) is 5.58 Å². The number of hydrogen-bond donors (Lipinski definition) is 1. The standard InChI is InChI=1S/C22H16F2N2O3/c23-17-6-1-14(2-7-17)12-25-21(27)16-5-10-20-19(11-16)26(22(28)29-20)13-15-3-8-18(24)9-4-15/h1-11H,12-13H2,(H,25,27). The first kappa shape index (κ1) is 18.6. The van der Waals surface area contributed by atoms with Crippen LogP contribution in [0.3, 0.4) is 0 Å². The molecular formula is C22H16F2N2O3. The molecule has 5 nitrogen and oxygen atoms in total. The summed E-state index contributed by atoms with van der Waals surface area (Å²) in [5, 5.41) is 2.76. The predicted molar refractivity (Wildman–Crippen MR) is 104 cm³/mol.